The number of nitrogens with zero attached hydrogens (tertiary/aromatic N) is 3. The zero-order chi connectivity index (χ0) is 19.8. The molecule has 0 aromatic carbocycles. The molecule has 2 rings (SSSR count). The summed E-state index contributed by atoms with van der Waals surface area (Å²) in [7, 11) is 4.26. The van der Waals surface area contributed by atoms with Crippen molar-refractivity contribution < 1.29 is 4.74 Å². The van der Waals surface area contributed by atoms with Gasteiger partial charge in [0.1, 0.15) is 0 Å². The molecule has 0 aromatic rings. The molecule has 2 aliphatic rings. The lowest BCUT2D eigenvalue weighted by atomic mass is 9.80. The van der Waals surface area contributed by atoms with Gasteiger partial charge in [0.05, 0.1) is 13.2 Å². The molecule has 2 N–H and O–H groups in total. The third kappa shape index (κ3) is 8.32. The van der Waals surface area contributed by atoms with Crippen LogP contribution >= 0.6 is 24.0 Å². The van der Waals surface area contributed by atoms with E-state index in [9.17, 15) is 0 Å². The fraction of sp³-hybridized carbons (Fsp3) is 0.952. The average Bonchev–Trinajstić information content (AvgIpc) is 2.64. The number of guanidine groups is 1. The summed E-state index contributed by atoms with van der Waals surface area (Å²) in [5.41, 5.74) is 0.427. The fourth-order valence-electron chi connectivity index (χ4n) is 4.64. The Balaban J connectivity index is 0.00000392. The zero-order valence-electron chi connectivity index (χ0n) is 18.9. The summed E-state index contributed by atoms with van der Waals surface area (Å²) in [6.07, 6.45) is 6.61. The molecular formula is C21H44IN5O. The first-order valence-electron chi connectivity index (χ1n) is 10.9. The second-order valence-electron chi connectivity index (χ2n) is 9.34. The normalized spacial score (nSPS) is 21.3. The molecule has 0 bridgehead atoms. The third-order valence-electron chi connectivity index (χ3n) is 5.80. The van der Waals surface area contributed by atoms with Crippen LogP contribution in [0, 0.1) is 5.41 Å². The second kappa shape index (κ2) is 12.5. The van der Waals surface area contributed by atoms with Crippen molar-refractivity contribution in [3.8, 4) is 0 Å². The van der Waals surface area contributed by atoms with Crippen LogP contribution in [0.15, 0.2) is 4.99 Å². The highest BCUT2D eigenvalue weighted by atomic mass is 127. The molecule has 0 aromatic heterocycles. The quantitative estimate of drug-likeness (QED) is 0.300. The van der Waals surface area contributed by atoms with Crippen LogP contribution in [-0.2, 0) is 4.74 Å². The molecule has 0 atom stereocenters. The summed E-state index contributed by atoms with van der Waals surface area (Å²) < 4.78 is 5.61. The second-order valence-corrected chi connectivity index (χ2v) is 9.34. The van der Waals surface area contributed by atoms with Crippen LogP contribution < -0.4 is 10.6 Å². The Kier molecular flexibility index (Phi) is 11.6. The molecule has 0 spiro atoms. The maximum atomic E-state index is 5.61. The lowest BCUT2D eigenvalue weighted by Gasteiger charge is -2.48. The number of aliphatic imine (C=N–C) groups is 1. The van der Waals surface area contributed by atoms with Gasteiger partial charge in [0.2, 0.25) is 0 Å². The van der Waals surface area contributed by atoms with Gasteiger partial charge in [-0.1, -0.05) is 33.1 Å². The summed E-state index contributed by atoms with van der Waals surface area (Å²) in [5, 5.41) is 7.15. The zero-order valence-corrected chi connectivity index (χ0v) is 21.2. The lowest BCUT2D eigenvalue weighted by Crippen LogP contribution is -2.60. The Morgan fingerprint density at radius 1 is 1.11 bits per heavy atom. The van der Waals surface area contributed by atoms with Crippen molar-refractivity contribution in [3.05, 3.63) is 0 Å². The number of hydrogen-bond donors (Lipinski definition) is 2. The first-order valence-corrected chi connectivity index (χ1v) is 10.9. The van der Waals surface area contributed by atoms with E-state index < -0.39 is 0 Å². The van der Waals surface area contributed by atoms with Crippen LogP contribution in [0.4, 0.5) is 0 Å². The van der Waals surface area contributed by atoms with E-state index in [4.69, 9.17) is 9.73 Å². The van der Waals surface area contributed by atoms with Gasteiger partial charge < -0.3 is 20.3 Å². The molecular weight excluding hydrogens is 465 g/mol. The van der Waals surface area contributed by atoms with Crippen molar-refractivity contribution in [2.24, 2.45) is 10.4 Å². The first kappa shape index (κ1) is 25.9. The Morgan fingerprint density at radius 3 is 2.32 bits per heavy atom. The van der Waals surface area contributed by atoms with Crippen LogP contribution in [0.3, 0.4) is 0 Å². The predicted molar refractivity (Wildman–Crippen MR) is 130 cm³/mol. The van der Waals surface area contributed by atoms with Crippen LogP contribution in [0.1, 0.15) is 52.9 Å². The Hall–Kier alpha value is -0.120. The van der Waals surface area contributed by atoms with E-state index in [1.165, 1.54) is 32.1 Å². The van der Waals surface area contributed by atoms with Gasteiger partial charge in [0.15, 0.2) is 5.96 Å². The van der Waals surface area contributed by atoms with Crippen molar-refractivity contribution in [2.75, 3.05) is 66.6 Å². The Morgan fingerprint density at radius 2 is 1.75 bits per heavy atom. The maximum absolute atomic E-state index is 5.61. The molecule has 1 saturated heterocycles. The van der Waals surface area contributed by atoms with E-state index in [0.717, 1.165) is 58.4 Å². The van der Waals surface area contributed by atoms with Gasteiger partial charge in [-0.25, -0.2) is 0 Å². The van der Waals surface area contributed by atoms with Gasteiger partial charge in [-0.05, 0) is 39.3 Å². The molecule has 1 saturated carbocycles. The third-order valence-corrected chi connectivity index (χ3v) is 5.80. The van der Waals surface area contributed by atoms with Gasteiger partial charge >= 0.3 is 0 Å². The minimum atomic E-state index is 0. The van der Waals surface area contributed by atoms with Crippen LogP contribution in [0.25, 0.3) is 0 Å². The number of ether oxygens (including phenoxy) is 1. The molecule has 28 heavy (non-hydrogen) atoms. The van der Waals surface area contributed by atoms with E-state index >= 15 is 0 Å². The van der Waals surface area contributed by atoms with Gasteiger partial charge in [-0.15, -0.1) is 24.0 Å². The molecule has 7 heteroatoms. The summed E-state index contributed by atoms with van der Waals surface area (Å²) in [4.78, 5) is 9.85. The lowest BCUT2D eigenvalue weighted by molar-refractivity contribution is -0.0352. The molecule has 0 amide bonds. The average molecular weight is 510 g/mol. The molecule has 1 heterocycles. The van der Waals surface area contributed by atoms with E-state index in [0.29, 0.717) is 0 Å². The smallest absolute Gasteiger partial charge is 0.191 e. The van der Waals surface area contributed by atoms with Gasteiger partial charge in [-0.3, -0.25) is 9.89 Å². The fourth-order valence-corrected chi connectivity index (χ4v) is 4.64. The Labute approximate surface area is 190 Å². The molecule has 2 fully saturated rings. The topological polar surface area (TPSA) is 52.1 Å². The van der Waals surface area contributed by atoms with E-state index in [1.54, 1.807) is 0 Å². The largest absolute Gasteiger partial charge is 0.379 e. The van der Waals surface area contributed by atoms with E-state index in [2.05, 4.69) is 55.3 Å². The summed E-state index contributed by atoms with van der Waals surface area (Å²) in [6.45, 7) is 14.3. The highest BCUT2D eigenvalue weighted by molar-refractivity contribution is 14.0. The molecule has 1 aliphatic heterocycles. The van der Waals surface area contributed by atoms with E-state index in [1.807, 2.05) is 0 Å². The number of morpholine rings is 1. The van der Waals surface area contributed by atoms with Gasteiger partial charge in [0, 0.05) is 44.8 Å². The Bertz CT molecular complexity index is 458. The highest BCUT2D eigenvalue weighted by Crippen LogP contribution is 2.33. The minimum Gasteiger partial charge on any atom is -0.379 e. The summed E-state index contributed by atoms with van der Waals surface area (Å²) in [5.74, 6) is 0.961. The maximum Gasteiger partial charge on any atom is 0.191 e. The number of nitrogens with one attached hydrogen (secondary N) is 2. The van der Waals surface area contributed by atoms with Crippen molar-refractivity contribution in [1.82, 2.24) is 20.4 Å². The molecule has 0 radical (unpaired) electrons. The number of rotatable bonds is 8. The standard InChI is InChI=1S/C21H43N5O.HI/c1-6-22-19(23-16-20(2,3)18-25(4)5)24-17-21(10-8-7-9-11-21)26-12-14-27-15-13-26;/h6-18H2,1-5H3,(H2,22,23,24);1H. The molecule has 1 aliphatic carbocycles. The van der Waals surface area contributed by atoms with Crippen LogP contribution in [0.5, 0.6) is 0 Å². The molecule has 166 valence electrons. The van der Waals surface area contributed by atoms with Crippen molar-refractivity contribution >= 4 is 29.9 Å². The predicted octanol–water partition coefficient (Wildman–Crippen LogP) is 2.78. The monoisotopic (exact) mass is 509 g/mol. The first-order chi connectivity index (χ1) is 12.9. The van der Waals surface area contributed by atoms with Crippen LogP contribution in [0.2, 0.25) is 0 Å². The molecule has 0 unspecified atom stereocenters. The van der Waals surface area contributed by atoms with Crippen molar-refractivity contribution in [2.45, 2.75) is 58.4 Å². The summed E-state index contributed by atoms with van der Waals surface area (Å²) in [6, 6.07) is 0. The SMILES string of the molecule is CCNC(=NCC(C)(C)CN(C)C)NCC1(N2CCOCC2)CCCCC1.I. The van der Waals surface area contributed by atoms with E-state index in [-0.39, 0.29) is 34.9 Å². The number of hydrogen-bond acceptors (Lipinski definition) is 4. The van der Waals surface area contributed by atoms with Gasteiger partial charge in [-0.2, -0.15) is 0 Å². The van der Waals surface area contributed by atoms with Crippen LogP contribution in [-0.4, -0.2) is 87.9 Å². The van der Waals surface area contributed by atoms with Crippen molar-refractivity contribution in [3.63, 3.8) is 0 Å². The number of halogens is 1. The highest BCUT2D eigenvalue weighted by Gasteiger charge is 2.38. The van der Waals surface area contributed by atoms with Gasteiger partial charge in [0.25, 0.3) is 0 Å². The minimum absolute atomic E-state index is 0. The summed E-state index contributed by atoms with van der Waals surface area (Å²) >= 11 is 0. The molecule has 6 nitrogen and oxygen atoms in total. The van der Waals surface area contributed by atoms with Crippen molar-refractivity contribution in [1.29, 1.82) is 0 Å².